The highest BCUT2D eigenvalue weighted by molar-refractivity contribution is 7.89. The fourth-order valence-electron chi connectivity index (χ4n) is 2.32. The number of sulfonamides is 1. The highest BCUT2D eigenvalue weighted by atomic mass is 32.2. The van der Waals surface area contributed by atoms with Gasteiger partial charge in [-0.2, -0.15) is 4.31 Å². The molecule has 130 valence electrons. The molecule has 0 radical (unpaired) electrons. The van der Waals surface area contributed by atoms with E-state index in [4.69, 9.17) is 0 Å². The van der Waals surface area contributed by atoms with Gasteiger partial charge in [0.2, 0.25) is 10.0 Å². The summed E-state index contributed by atoms with van der Waals surface area (Å²) >= 11 is 0. The van der Waals surface area contributed by atoms with Crippen LogP contribution in [-0.2, 0) is 10.0 Å². The van der Waals surface area contributed by atoms with Crippen LogP contribution in [0.1, 0.15) is 52.4 Å². The number of rotatable bonds is 11. The summed E-state index contributed by atoms with van der Waals surface area (Å²) in [5.74, 6) is 0. The monoisotopic (exact) mass is 342 g/mol. The lowest BCUT2D eigenvalue weighted by molar-refractivity contribution is -0.384. The predicted molar refractivity (Wildman–Crippen MR) is 90.9 cm³/mol. The summed E-state index contributed by atoms with van der Waals surface area (Å²) < 4.78 is 27.0. The highest BCUT2D eigenvalue weighted by Crippen LogP contribution is 2.20. The average molecular weight is 342 g/mol. The van der Waals surface area contributed by atoms with Crippen molar-refractivity contribution in [1.29, 1.82) is 0 Å². The fraction of sp³-hybridized carbons (Fsp3) is 0.625. The summed E-state index contributed by atoms with van der Waals surface area (Å²) in [7, 11) is -3.59. The Morgan fingerprint density at radius 1 is 0.957 bits per heavy atom. The number of hydrogen-bond donors (Lipinski definition) is 0. The summed E-state index contributed by atoms with van der Waals surface area (Å²) in [5.41, 5.74) is -0.104. The Balaban J connectivity index is 2.92. The van der Waals surface area contributed by atoms with Crippen molar-refractivity contribution < 1.29 is 13.3 Å². The van der Waals surface area contributed by atoms with Gasteiger partial charge in [-0.15, -0.1) is 0 Å². The van der Waals surface area contributed by atoms with E-state index >= 15 is 0 Å². The number of benzene rings is 1. The number of unbranched alkanes of at least 4 members (excludes halogenated alkanes) is 4. The lowest BCUT2D eigenvalue weighted by Crippen LogP contribution is -2.33. The second kappa shape index (κ2) is 9.62. The first-order chi connectivity index (χ1) is 10.9. The van der Waals surface area contributed by atoms with Gasteiger partial charge >= 0.3 is 0 Å². The molecule has 23 heavy (non-hydrogen) atoms. The summed E-state index contributed by atoms with van der Waals surface area (Å²) in [4.78, 5) is 10.3. The lowest BCUT2D eigenvalue weighted by Gasteiger charge is -2.22. The van der Waals surface area contributed by atoms with Gasteiger partial charge in [0.05, 0.1) is 9.82 Å². The molecule has 1 rings (SSSR count). The van der Waals surface area contributed by atoms with Crippen molar-refractivity contribution in [2.24, 2.45) is 0 Å². The molecule has 0 saturated heterocycles. The summed E-state index contributed by atoms with van der Waals surface area (Å²) in [6.45, 7) is 5.15. The topological polar surface area (TPSA) is 80.5 Å². The molecule has 0 unspecified atom stereocenters. The SMILES string of the molecule is CCCCCN(CCCCC)S(=O)(=O)c1ccc([N+](=O)[O-])cc1. The summed E-state index contributed by atoms with van der Waals surface area (Å²) in [6, 6.07) is 5.12. The van der Waals surface area contributed by atoms with E-state index in [0.717, 1.165) is 38.5 Å². The van der Waals surface area contributed by atoms with E-state index in [-0.39, 0.29) is 10.6 Å². The van der Waals surface area contributed by atoms with E-state index in [1.807, 2.05) is 0 Å². The number of non-ortho nitro benzene ring substituents is 1. The first-order valence-electron chi connectivity index (χ1n) is 8.18. The first kappa shape index (κ1) is 19.6. The molecule has 0 aromatic heterocycles. The minimum absolute atomic E-state index is 0.104. The van der Waals surface area contributed by atoms with Crippen LogP contribution in [0.3, 0.4) is 0 Å². The molecule has 0 aliphatic heterocycles. The van der Waals surface area contributed by atoms with Crippen LogP contribution >= 0.6 is 0 Å². The van der Waals surface area contributed by atoms with Gasteiger partial charge in [0.1, 0.15) is 0 Å². The van der Waals surface area contributed by atoms with Crippen LogP contribution in [0.5, 0.6) is 0 Å². The number of nitrogens with zero attached hydrogens (tertiary/aromatic N) is 2. The van der Waals surface area contributed by atoms with Crippen molar-refractivity contribution in [1.82, 2.24) is 4.31 Å². The van der Waals surface area contributed by atoms with Crippen molar-refractivity contribution in [2.45, 2.75) is 57.3 Å². The quantitative estimate of drug-likeness (QED) is 0.346. The minimum Gasteiger partial charge on any atom is -0.258 e. The third kappa shape index (κ3) is 5.91. The molecule has 1 aromatic carbocycles. The molecule has 6 nitrogen and oxygen atoms in total. The van der Waals surface area contributed by atoms with Gasteiger partial charge in [0.15, 0.2) is 0 Å². The largest absolute Gasteiger partial charge is 0.269 e. The van der Waals surface area contributed by atoms with Crippen molar-refractivity contribution >= 4 is 15.7 Å². The highest BCUT2D eigenvalue weighted by Gasteiger charge is 2.24. The van der Waals surface area contributed by atoms with Crippen LogP contribution in [0, 0.1) is 10.1 Å². The molecule has 0 atom stereocenters. The van der Waals surface area contributed by atoms with Crippen LogP contribution in [0.2, 0.25) is 0 Å². The van der Waals surface area contributed by atoms with Gasteiger partial charge in [-0.05, 0) is 25.0 Å². The second-order valence-electron chi connectivity index (χ2n) is 5.57. The molecule has 0 N–H and O–H groups in total. The van der Waals surface area contributed by atoms with Crippen molar-refractivity contribution in [2.75, 3.05) is 13.1 Å². The normalized spacial score (nSPS) is 11.8. The van der Waals surface area contributed by atoms with Gasteiger partial charge in [-0.1, -0.05) is 39.5 Å². The van der Waals surface area contributed by atoms with E-state index in [2.05, 4.69) is 13.8 Å². The summed E-state index contributed by atoms with van der Waals surface area (Å²) in [5, 5.41) is 10.7. The molecule has 0 bridgehead atoms. The second-order valence-corrected chi connectivity index (χ2v) is 7.51. The Morgan fingerprint density at radius 2 is 1.43 bits per heavy atom. The molecule has 0 saturated carbocycles. The molecule has 1 aromatic rings. The lowest BCUT2D eigenvalue weighted by atomic mass is 10.2. The zero-order valence-electron chi connectivity index (χ0n) is 13.9. The third-order valence-electron chi connectivity index (χ3n) is 3.71. The molecule has 0 aliphatic rings. The predicted octanol–water partition coefficient (Wildman–Crippen LogP) is 3.97. The molecule has 0 heterocycles. The number of nitro groups is 1. The smallest absolute Gasteiger partial charge is 0.258 e. The molecule has 0 aliphatic carbocycles. The van der Waals surface area contributed by atoms with E-state index in [1.165, 1.54) is 28.6 Å². The molecular formula is C16H26N2O4S. The van der Waals surface area contributed by atoms with Crippen LogP contribution < -0.4 is 0 Å². The molecule has 0 spiro atoms. The maximum absolute atomic E-state index is 12.8. The van der Waals surface area contributed by atoms with Crippen LogP contribution in [0.4, 0.5) is 5.69 Å². The average Bonchev–Trinajstić information content (AvgIpc) is 2.53. The van der Waals surface area contributed by atoms with E-state index < -0.39 is 14.9 Å². The maximum Gasteiger partial charge on any atom is 0.269 e. The Hall–Kier alpha value is -1.47. The van der Waals surface area contributed by atoms with Crippen molar-refractivity contribution in [3.8, 4) is 0 Å². The van der Waals surface area contributed by atoms with E-state index in [0.29, 0.717) is 13.1 Å². The standard InChI is InChI=1S/C16H26N2O4S/c1-3-5-7-13-17(14-8-6-4-2)23(21,22)16-11-9-15(10-12-16)18(19)20/h9-12H,3-8,13-14H2,1-2H3. The Bertz CT molecular complexity index is 575. The minimum atomic E-state index is -3.59. The molecular weight excluding hydrogens is 316 g/mol. The van der Waals surface area contributed by atoms with Crippen molar-refractivity contribution in [3.05, 3.63) is 34.4 Å². The third-order valence-corrected chi connectivity index (χ3v) is 5.62. The zero-order chi connectivity index (χ0) is 17.3. The van der Waals surface area contributed by atoms with Gasteiger partial charge in [0, 0.05) is 25.2 Å². The number of nitro benzene ring substituents is 1. The van der Waals surface area contributed by atoms with Gasteiger partial charge < -0.3 is 0 Å². The fourth-order valence-corrected chi connectivity index (χ4v) is 3.83. The first-order valence-corrected chi connectivity index (χ1v) is 9.62. The van der Waals surface area contributed by atoms with Crippen LogP contribution in [0.15, 0.2) is 29.2 Å². The van der Waals surface area contributed by atoms with Crippen molar-refractivity contribution in [3.63, 3.8) is 0 Å². The van der Waals surface area contributed by atoms with E-state index in [1.54, 1.807) is 0 Å². The van der Waals surface area contributed by atoms with Crippen LogP contribution in [-0.4, -0.2) is 30.7 Å². The van der Waals surface area contributed by atoms with Gasteiger partial charge in [0.25, 0.3) is 5.69 Å². The summed E-state index contributed by atoms with van der Waals surface area (Å²) in [6.07, 6.45) is 5.69. The zero-order valence-corrected chi connectivity index (χ0v) is 14.7. The Kier molecular flexibility index (Phi) is 8.19. The Labute approximate surface area is 138 Å². The van der Waals surface area contributed by atoms with Gasteiger partial charge in [-0.3, -0.25) is 10.1 Å². The molecule has 7 heteroatoms. The molecule has 0 amide bonds. The van der Waals surface area contributed by atoms with Gasteiger partial charge in [-0.25, -0.2) is 8.42 Å². The van der Waals surface area contributed by atoms with E-state index in [9.17, 15) is 18.5 Å². The number of hydrogen-bond acceptors (Lipinski definition) is 4. The maximum atomic E-state index is 12.8. The molecule has 0 fully saturated rings. The Morgan fingerprint density at radius 3 is 1.83 bits per heavy atom. The van der Waals surface area contributed by atoms with Crippen LogP contribution in [0.25, 0.3) is 0 Å².